The largest absolute Gasteiger partial charge is 0.491 e. The van der Waals surface area contributed by atoms with Gasteiger partial charge < -0.3 is 15.0 Å². The number of anilines is 1. The number of benzene rings is 1. The van der Waals surface area contributed by atoms with Gasteiger partial charge in [0.25, 0.3) is 0 Å². The lowest BCUT2D eigenvalue weighted by atomic mass is 10.3. The van der Waals surface area contributed by atoms with Crippen LogP contribution in [-0.4, -0.2) is 16.6 Å². The van der Waals surface area contributed by atoms with E-state index in [2.05, 4.69) is 31.2 Å². The molecule has 0 saturated heterocycles. The Morgan fingerprint density at radius 3 is 2.89 bits per heavy atom. The Kier molecular flexibility index (Phi) is 4.71. The SMILES string of the molecule is CCOc1c(Br)cc(Cl)cc1NCc1cnc(C)[nH]1. The van der Waals surface area contributed by atoms with Crippen molar-refractivity contribution >= 4 is 33.2 Å². The second-order valence-electron chi connectivity index (χ2n) is 4.04. The van der Waals surface area contributed by atoms with Crippen LogP contribution >= 0.6 is 27.5 Å². The number of H-pyrrole nitrogens is 1. The fourth-order valence-corrected chi connectivity index (χ4v) is 2.66. The van der Waals surface area contributed by atoms with Crippen LogP contribution in [0.1, 0.15) is 18.4 Å². The Morgan fingerprint density at radius 1 is 1.47 bits per heavy atom. The van der Waals surface area contributed by atoms with E-state index >= 15 is 0 Å². The molecule has 0 fully saturated rings. The fourth-order valence-electron chi connectivity index (χ4n) is 1.73. The van der Waals surface area contributed by atoms with E-state index in [4.69, 9.17) is 16.3 Å². The Balaban J connectivity index is 2.18. The van der Waals surface area contributed by atoms with Crippen molar-refractivity contribution < 1.29 is 4.74 Å². The zero-order valence-electron chi connectivity index (χ0n) is 10.8. The normalized spacial score (nSPS) is 10.5. The first-order chi connectivity index (χ1) is 9.10. The lowest BCUT2D eigenvalue weighted by molar-refractivity contribution is 0.339. The van der Waals surface area contributed by atoms with Crippen molar-refractivity contribution in [3.05, 3.63) is 39.3 Å². The lowest BCUT2D eigenvalue weighted by Gasteiger charge is -2.14. The molecular formula is C13H15BrClN3O. The van der Waals surface area contributed by atoms with Gasteiger partial charge in [0.1, 0.15) is 5.82 Å². The summed E-state index contributed by atoms with van der Waals surface area (Å²) in [5.41, 5.74) is 1.87. The highest BCUT2D eigenvalue weighted by Gasteiger charge is 2.10. The number of hydrogen-bond acceptors (Lipinski definition) is 3. The van der Waals surface area contributed by atoms with Crippen molar-refractivity contribution in [2.45, 2.75) is 20.4 Å². The average molecular weight is 345 g/mol. The maximum atomic E-state index is 6.06. The highest BCUT2D eigenvalue weighted by molar-refractivity contribution is 9.10. The molecule has 2 N–H and O–H groups in total. The third kappa shape index (κ3) is 3.64. The molecular weight excluding hydrogens is 330 g/mol. The maximum absolute atomic E-state index is 6.06. The molecule has 0 unspecified atom stereocenters. The number of rotatable bonds is 5. The summed E-state index contributed by atoms with van der Waals surface area (Å²) >= 11 is 9.52. The monoisotopic (exact) mass is 343 g/mol. The Morgan fingerprint density at radius 2 is 2.26 bits per heavy atom. The molecule has 1 heterocycles. The predicted molar refractivity (Wildman–Crippen MR) is 81.0 cm³/mol. The summed E-state index contributed by atoms with van der Waals surface area (Å²) in [7, 11) is 0. The van der Waals surface area contributed by atoms with Crippen LogP contribution in [0.5, 0.6) is 5.75 Å². The van der Waals surface area contributed by atoms with E-state index in [1.165, 1.54) is 0 Å². The Bertz CT molecular complexity index is 571. The van der Waals surface area contributed by atoms with Crippen LogP contribution in [0.3, 0.4) is 0 Å². The summed E-state index contributed by atoms with van der Waals surface area (Å²) < 4.78 is 6.46. The third-order valence-electron chi connectivity index (χ3n) is 2.52. The minimum Gasteiger partial charge on any atom is -0.491 e. The van der Waals surface area contributed by atoms with E-state index in [0.717, 1.165) is 27.4 Å². The summed E-state index contributed by atoms with van der Waals surface area (Å²) in [5.74, 6) is 1.66. The lowest BCUT2D eigenvalue weighted by Crippen LogP contribution is -2.03. The van der Waals surface area contributed by atoms with Gasteiger partial charge in [0.05, 0.1) is 35.2 Å². The molecule has 2 rings (SSSR count). The smallest absolute Gasteiger partial charge is 0.156 e. The van der Waals surface area contributed by atoms with E-state index < -0.39 is 0 Å². The zero-order chi connectivity index (χ0) is 13.8. The van der Waals surface area contributed by atoms with E-state index in [0.29, 0.717) is 18.2 Å². The molecule has 0 radical (unpaired) electrons. The third-order valence-corrected chi connectivity index (χ3v) is 3.33. The number of nitrogens with zero attached hydrogens (tertiary/aromatic N) is 1. The standard InChI is InChI=1S/C13H15BrClN3O/c1-3-19-13-11(14)4-9(15)5-12(13)17-7-10-6-16-8(2)18-10/h4-6,17H,3,7H2,1-2H3,(H,16,18). The summed E-state index contributed by atoms with van der Waals surface area (Å²) in [6.07, 6.45) is 1.81. The van der Waals surface area contributed by atoms with Gasteiger partial charge in [0.2, 0.25) is 0 Å². The molecule has 0 aliphatic carbocycles. The molecule has 0 bridgehead atoms. The van der Waals surface area contributed by atoms with Gasteiger partial charge in [-0.2, -0.15) is 0 Å². The fraction of sp³-hybridized carbons (Fsp3) is 0.308. The minimum atomic E-state index is 0.595. The molecule has 2 aromatic rings. The summed E-state index contributed by atoms with van der Waals surface area (Å²) in [6.45, 7) is 5.10. The molecule has 0 amide bonds. The molecule has 0 spiro atoms. The minimum absolute atomic E-state index is 0.595. The van der Waals surface area contributed by atoms with Crippen LogP contribution in [0.2, 0.25) is 5.02 Å². The quantitative estimate of drug-likeness (QED) is 0.857. The first kappa shape index (κ1) is 14.2. The molecule has 102 valence electrons. The van der Waals surface area contributed by atoms with E-state index in [1.807, 2.05) is 32.2 Å². The number of nitrogens with one attached hydrogen (secondary N) is 2. The van der Waals surface area contributed by atoms with Crippen molar-refractivity contribution in [2.24, 2.45) is 0 Å². The Labute approximate surface area is 125 Å². The molecule has 0 aliphatic heterocycles. The van der Waals surface area contributed by atoms with Crippen LogP contribution in [0.4, 0.5) is 5.69 Å². The van der Waals surface area contributed by atoms with Crippen LogP contribution in [0.15, 0.2) is 22.8 Å². The molecule has 0 aliphatic rings. The topological polar surface area (TPSA) is 49.9 Å². The van der Waals surface area contributed by atoms with Gasteiger partial charge >= 0.3 is 0 Å². The van der Waals surface area contributed by atoms with Crippen LogP contribution < -0.4 is 10.1 Å². The molecule has 4 nitrogen and oxygen atoms in total. The van der Waals surface area contributed by atoms with Crippen molar-refractivity contribution in [1.29, 1.82) is 0 Å². The number of aryl methyl sites for hydroxylation is 1. The first-order valence-corrected chi connectivity index (χ1v) is 7.13. The van der Waals surface area contributed by atoms with Crippen LogP contribution in [0, 0.1) is 6.92 Å². The van der Waals surface area contributed by atoms with Crippen molar-refractivity contribution in [3.8, 4) is 5.75 Å². The average Bonchev–Trinajstić information content (AvgIpc) is 2.76. The van der Waals surface area contributed by atoms with Crippen molar-refractivity contribution in [1.82, 2.24) is 9.97 Å². The zero-order valence-corrected chi connectivity index (χ0v) is 13.1. The van der Waals surface area contributed by atoms with Crippen molar-refractivity contribution in [2.75, 3.05) is 11.9 Å². The molecule has 1 aromatic carbocycles. The first-order valence-electron chi connectivity index (χ1n) is 5.96. The van der Waals surface area contributed by atoms with E-state index in [-0.39, 0.29) is 0 Å². The van der Waals surface area contributed by atoms with Gasteiger partial charge in [-0.05, 0) is 41.9 Å². The van der Waals surface area contributed by atoms with Gasteiger partial charge in [0, 0.05) is 5.02 Å². The highest BCUT2D eigenvalue weighted by Crippen LogP contribution is 2.36. The number of hydrogen-bond donors (Lipinski definition) is 2. The maximum Gasteiger partial charge on any atom is 0.156 e. The number of ether oxygens (including phenoxy) is 1. The number of halogens is 2. The molecule has 6 heteroatoms. The van der Waals surface area contributed by atoms with Crippen molar-refractivity contribution in [3.63, 3.8) is 0 Å². The molecule has 1 aromatic heterocycles. The van der Waals surface area contributed by atoms with Crippen LogP contribution in [-0.2, 0) is 6.54 Å². The van der Waals surface area contributed by atoms with Gasteiger partial charge in [0.15, 0.2) is 5.75 Å². The number of aromatic nitrogens is 2. The second kappa shape index (κ2) is 6.30. The summed E-state index contributed by atoms with van der Waals surface area (Å²) in [5, 5.41) is 3.95. The van der Waals surface area contributed by atoms with Gasteiger partial charge in [-0.1, -0.05) is 11.6 Å². The van der Waals surface area contributed by atoms with E-state index in [9.17, 15) is 0 Å². The van der Waals surface area contributed by atoms with E-state index in [1.54, 1.807) is 0 Å². The summed E-state index contributed by atoms with van der Waals surface area (Å²) in [6, 6.07) is 3.67. The molecule has 0 atom stereocenters. The summed E-state index contributed by atoms with van der Waals surface area (Å²) in [4.78, 5) is 7.33. The van der Waals surface area contributed by atoms with Crippen LogP contribution in [0.25, 0.3) is 0 Å². The Hall–Kier alpha value is -1.20. The number of imidazole rings is 1. The molecule has 19 heavy (non-hydrogen) atoms. The van der Waals surface area contributed by atoms with Gasteiger partial charge in [-0.3, -0.25) is 0 Å². The highest BCUT2D eigenvalue weighted by atomic mass is 79.9. The van der Waals surface area contributed by atoms with Gasteiger partial charge in [-0.15, -0.1) is 0 Å². The van der Waals surface area contributed by atoms with Gasteiger partial charge in [-0.25, -0.2) is 4.98 Å². The predicted octanol–water partition coefficient (Wildman–Crippen LogP) is 4.14. The second-order valence-corrected chi connectivity index (χ2v) is 5.34. The molecule has 0 saturated carbocycles. The number of aromatic amines is 1.